The predicted octanol–water partition coefficient (Wildman–Crippen LogP) is 4.33. The van der Waals surface area contributed by atoms with E-state index in [1.807, 2.05) is 53.2 Å². The third kappa shape index (κ3) is 4.13. The summed E-state index contributed by atoms with van der Waals surface area (Å²) in [6.45, 7) is 0. The van der Waals surface area contributed by atoms with Crippen molar-refractivity contribution >= 4 is 40.3 Å². The summed E-state index contributed by atoms with van der Waals surface area (Å²) >= 11 is 2.24. The molecule has 0 saturated heterocycles. The van der Waals surface area contributed by atoms with E-state index < -0.39 is 5.91 Å². The number of carbonyl (C=O) groups is 1. The van der Waals surface area contributed by atoms with Gasteiger partial charge in [0.1, 0.15) is 17.4 Å². The Morgan fingerprint density at radius 3 is 2.46 bits per heavy atom. The maximum absolute atomic E-state index is 12.4. The molecule has 0 saturated carbocycles. The first-order valence-electron chi connectivity index (χ1n) is 7.72. The fourth-order valence-electron chi connectivity index (χ4n) is 2.39. The van der Waals surface area contributed by atoms with Gasteiger partial charge in [-0.3, -0.25) is 4.79 Å². The van der Waals surface area contributed by atoms with Crippen LogP contribution in [0.1, 0.15) is 5.69 Å². The maximum atomic E-state index is 12.4. The fourth-order valence-corrected chi connectivity index (χ4v) is 2.75. The first-order valence-corrected chi connectivity index (χ1v) is 8.80. The number of nitriles is 1. The molecule has 6 heteroatoms. The number of nitrogens with zero attached hydrogens (tertiary/aromatic N) is 2. The number of amides is 1. The van der Waals surface area contributed by atoms with Crippen LogP contribution in [0, 0.1) is 14.9 Å². The number of aromatic nitrogens is 1. The van der Waals surface area contributed by atoms with Crippen molar-refractivity contribution < 1.29 is 9.90 Å². The van der Waals surface area contributed by atoms with Crippen LogP contribution in [-0.4, -0.2) is 15.6 Å². The maximum Gasteiger partial charge on any atom is 0.266 e. The number of phenols is 1. The minimum Gasteiger partial charge on any atom is -0.508 e. The molecule has 0 spiro atoms. The Kier molecular flexibility index (Phi) is 5.39. The molecule has 0 aliphatic heterocycles. The van der Waals surface area contributed by atoms with Crippen LogP contribution in [0.3, 0.4) is 0 Å². The second kappa shape index (κ2) is 7.89. The second-order valence-electron chi connectivity index (χ2n) is 5.45. The summed E-state index contributed by atoms with van der Waals surface area (Å²) in [7, 11) is 0. The number of phenolic OH excluding ortho intramolecular Hbond substituents is 1. The Morgan fingerprint density at radius 1 is 1.12 bits per heavy atom. The molecule has 0 aliphatic rings. The predicted molar refractivity (Wildman–Crippen MR) is 109 cm³/mol. The van der Waals surface area contributed by atoms with Gasteiger partial charge < -0.3 is 15.0 Å². The van der Waals surface area contributed by atoms with Crippen molar-refractivity contribution in [3.63, 3.8) is 0 Å². The van der Waals surface area contributed by atoms with Crippen molar-refractivity contribution in [1.82, 2.24) is 4.57 Å². The monoisotopic (exact) mass is 455 g/mol. The van der Waals surface area contributed by atoms with Gasteiger partial charge in [-0.15, -0.1) is 0 Å². The quantitative estimate of drug-likeness (QED) is 0.266. The highest BCUT2D eigenvalue weighted by atomic mass is 127. The summed E-state index contributed by atoms with van der Waals surface area (Å²) in [6.07, 6.45) is 3.43. The minimum atomic E-state index is -0.506. The molecule has 0 bridgehead atoms. The molecule has 1 amide bonds. The average molecular weight is 455 g/mol. The zero-order valence-electron chi connectivity index (χ0n) is 13.6. The van der Waals surface area contributed by atoms with Gasteiger partial charge >= 0.3 is 0 Å². The molecule has 3 rings (SSSR count). The van der Waals surface area contributed by atoms with E-state index in [9.17, 15) is 15.2 Å². The van der Waals surface area contributed by atoms with Crippen molar-refractivity contribution in [1.29, 1.82) is 5.26 Å². The third-order valence-electron chi connectivity index (χ3n) is 3.67. The first-order chi connectivity index (χ1) is 12.6. The Bertz CT molecular complexity index is 997. The van der Waals surface area contributed by atoms with Crippen LogP contribution >= 0.6 is 22.6 Å². The molecule has 3 aromatic rings. The number of hydrogen-bond acceptors (Lipinski definition) is 3. The molecule has 0 radical (unpaired) electrons. The van der Waals surface area contributed by atoms with E-state index in [2.05, 4.69) is 27.9 Å². The van der Waals surface area contributed by atoms with Crippen molar-refractivity contribution in [3.8, 4) is 17.5 Å². The van der Waals surface area contributed by atoms with Gasteiger partial charge in [-0.2, -0.15) is 5.26 Å². The Morgan fingerprint density at radius 2 is 1.81 bits per heavy atom. The van der Waals surface area contributed by atoms with Crippen LogP contribution in [0.4, 0.5) is 5.69 Å². The lowest BCUT2D eigenvalue weighted by atomic mass is 10.2. The normalized spacial score (nSPS) is 11.0. The van der Waals surface area contributed by atoms with E-state index in [0.29, 0.717) is 5.69 Å². The number of halogens is 1. The molecule has 2 aromatic carbocycles. The van der Waals surface area contributed by atoms with Crippen molar-refractivity contribution in [2.45, 2.75) is 0 Å². The molecule has 0 unspecified atom stereocenters. The summed E-state index contributed by atoms with van der Waals surface area (Å²) in [4.78, 5) is 12.4. The first kappa shape index (κ1) is 17.8. The van der Waals surface area contributed by atoms with Gasteiger partial charge in [0, 0.05) is 26.8 Å². The van der Waals surface area contributed by atoms with E-state index in [4.69, 9.17) is 0 Å². The largest absolute Gasteiger partial charge is 0.508 e. The molecular weight excluding hydrogens is 441 g/mol. The van der Waals surface area contributed by atoms with Gasteiger partial charge in [-0.1, -0.05) is 0 Å². The number of nitrogens with one attached hydrogen (secondary N) is 1. The molecule has 26 heavy (non-hydrogen) atoms. The SMILES string of the molecule is N#CC(=Cc1cccn1-c1ccc(I)cc1)C(=O)Nc1ccc(O)cc1. The summed E-state index contributed by atoms with van der Waals surface area (Å²) in [5.74, 6) is -0.400. The Balaban J connectivity index is 1.87. The van der Waals surface area contributed by atoms with E-state index in [0.717, 1.165) is 15.0 Å². The van der Waals surface area contributed by atoms with Crippen molar-refractivity contribution in [2.75, 3.05) is 5.32 Å². The summed E-state index contributed by atoms with van der Waals surface area (Å²) in [5.41, 5.74) is 2.16. The van der Waals surface area contributed by atoms with Crippen LogP contribution in [0.5, 0.6) is 5.75 Å². The number of carbonyl (C=O) groups excluding carboxylic acids is 1. The van der Waals surface area contributed by atoms with Crippen LogP contribution in [0.25, 0.3) is 11.8 Å². The van der Waals surface area contributed by atoms with Crippen molar-refractivity contribution in [3.05, 3.63) is 81.7 Å². The van der Waals surface area contributed by atoms with E-state index in [-0.39, 0.29) is 11.3 Å². The van der Waals surface area contributed by atoms with E-state index in [1.54, 1.807) is 18.2 Å². The smallest absolute Gasteiger partial charge is 0.266 e. The molecule has 5 nitrogen and oxygen atoms in total. The number of hydrogen-bond donors (Lipinski definition) is 2. The molecule has 2 N–H and O–H groups in total. The fraction of sp³-hybridized carbons (Fsp3) is 0. The molecule has 0 aliphatic carbocycles. The van der Waals surface area contributed by atoms with Gasteiger partial charge in [-0.05, 0) is 89.3 Å². The number of anilines is 1. The molecular formula is C20H14IN3O2. The Labute approximate surface area is 164 Å². The zero-order valence-corrected chi connectivity index (χ0v) is 15.7. The molecule has 1 aromatic heterocycles. The Hall–Kier alpha value is -3.05. The molecule has 128 valence electrons. The third-order valence-corrected chi connectivity index (χ3v) is 4.39. The number of benzene rings is 2. The minimum absolute atomic E-state index is 0.0106. The van der Waals surface area contributed by atoms with Crippen LogP contribution in [-0.2, 0) is 4.79 Å². The highest BCUT2D eigenvalue weighted by molar-refractivity contribution is 14.1. The summed E-state index contributed by atoms with van der Waals surface area (Å²) in [6, 6.07) is 19.6. The van der Waals surface area contributed by atoms with Gasteiger partial charge in [0.15, 0.2) is 0 Å². The van der Waals surface area contributed by atoms with Crippen LogP contribution in [0.2, 0.25) is 0 Å². The van der Waals surface area contributed by atoms with E-state index >= 15 is 0 Å². The topological polar surface area (TPSA) is 78.0 Å². The lowest BCUT2D eigenvalue weighted by molar-refractivity contribution is -0.112. The highest BCUT2D eigenvalue weighted by Crippen LogP contribution is 2.18. The zero-order chi connectivity index (χ0) is 18.5. The number of aromatic hydroxyl groups is 1. The summed E-state index contributed by atoms with van der Waals surface area (Å²) in [5, 5.41) is 21.3. The summed E-state index contributed by atoms with van der Waals surface area (Å²) < 4.78 is 3.03. The lowest BCUT2D eigenvalue weighted by Gasteiger charge is -2.08. The standard InChI is InChI=1S/C20H14IN3O2/c21-15-3-7-17(8-4-15)24-11-1-2-18(24)12-14(13-22)20(26)23-16-5-9-19(25)10-6-16/h1-12,25H,(H,23,26). The van der Waals surface area contributed by atoms with Crippen LogP contribution in [0.15, 0.2) is 72.4 Å². The molecule has 1 heterocycles. The molecule has 0 atom stereocenters. The van der Waals surface area contributed by atoms with Gasteiger partial charge in [0.25, 0.3) is 5.91 Å². The second-order valence-corrected chi connectivity index (χ2v) is 6.70. The van der Waals surface area contributed by atoms with Crippen LogP contribution < -0.4 is 5.32 Å². The number of rotatable bonds is 4. The lowest BCUT2D eigenvalue weighted by Crippen LogP contribution is -2.13. The highest BCUT2D eigenvalue weighted by Gasteiger charge is 2.11. The van der Waals surface area contributed by atoms with Gasteiger partial charge in [-0.25, -0.2) is 0 Å². The van der Waals surface area contributed by atoms with Gasteiger partial charge in [0.05, 0.1) is 0 Å². The van der Waals surface area contributed by atoms with Crippen molar-refractivity contribution in [2.24, 2.45) is 0 Å². The van der Waals surface area contributed by atoms with Gasteiger partial charge in [0.2, 0.25) is 0 Å². The van der Waals surface area contributed by atoms with E-state index in [1.165, 1.54) is 12.1 Å². The average Bonchev–Trinajstić information content (AvgIpc) is 3.10. The molecule has 0 fully saturated rings.